The molecule has 4 heteroatoms. The largest absolute Gasteiger partial charge is 0.452 e. The lowest BCUT2D eigenvalue weighted by molar-refractivity contribution is 0.661. The van der Waals surface area contributed by atoms with Crippen molar-refractivity contribution < 1.29 is 4.42 Å². The molecule has 0 amide bonds. The fraction of sp³-hybridized carbons (Fsp3) is 0.0698. The molecule has 6 aromatic carbocycles. The van der Waals surface area contributed by atoms with Crippen LogP contribution in [0.1, 0.15) is 25.0 Å². The standard InChI is InChI=1S/C43H29N3O/c1-43(2)33-17-9-6-15-31(33)37-34(43)25-24-30-29-14-7-10-18-35(29)46(40(30)37)28-22-20-26(21-23-28)38-41-39(32-16-8-11-19-36(32)47-41)45-42(44-38)27-12-4-3-5-13-27/h3-25H,1-2H3. The molecule has 0 saturated heterocycles. The van der Waals surface area contributed by atoms with Crippen molar-refractivity contribution in [2.45, 2.75) is 19.3 Å². The van der Waals surface area contributed by atoms with E-state index in [1.54, 1.807) is 0 Å². The molecule has 3 heterocycles. The van der Waals surface area contributed by atoms with Crippen LogP contribution in [-0.4, -0.2) is 14.5 Å². The van der Waals surface area contributed by atoms with Crippen LogP contribution >= 0.6 is 0 Å². The van der Waals surface area contributed by atoms with Crippen LogP contribution in [0.5, 0.6) is 0 Å². The van der Waals surface area contributed by atoms with Gasteiger partial charge in [0.15, 0.2) is 11.4 Å². The zero-order chi connectivity index (χ0) is 31.3. The Hall–Kier alpha value is -6.00. The predicted octanol–water partition coefficient (Wildman–Crippen LogP) is 11.1. The molecule has 9 aromatic rings. The van der Waals surface area contributed by atoms with Crippen LogP contribution in [0.3, 0.4) is 0 Å². The zero-order valence-electron chi connectivity index (χ0n) is 26.0. The van der Waals surface area contributed by atoms with Crippen molar-refractivity contribution >= 4 is 43.9 Å². The lowest BCUT2D eigenvalue weighted by atomic mass is 9.82. The number of hydrogen-bond donors (Lipinski definition) is 0. The van der Waals surface area contributed by atoms with E-state index in [0.717, 1.165) is 39.0 Å². The van der Waals surface area contributed by atoms with Crippen LogP contribution < -0.4 is 0 Å². The summed E-state index contributed by atoms with van der Waals surface area (Å²) in [6.07, 6.45) is 0. The number of rotatable bonds is 3. The van der Waals surface area contributed by atoms with E-state index < -0.39 is 0 Å². The summed E-state index contributed by atoms with van der Waals surface area (Å²) >= 11 is 0. The molecule has 1 aliphatic rings. The maximum absolute atomic E-state index is 6.42. The van der Waals surface area contributed by atoms with Crippen molar-refractivity contribution in [1.82, 2.24) is 14.5 Å². The van der Waals surface area contributed by atoms with Crippen molar-refractivity contribution in [2.75, 3.05) is 0 Å². The average molecular weight is 604 g/mol. The van der Waals surface area contributed by atoms with E-state index in [2.05, 4.69) is 122 Å². The zero-order valence-corrected chi connectivity index (χ0v) is 26.0. The molecular weight excluding hydrogens is 574 g/mol. The second-order valence-electron chi connectivity index (χ2n) is 13.0. The first-order valence-electron chi connectivity index (χ1n) is 16.1. The number of furan rings is 1. The molecule has 47 heavy (non-hydrogen) atoms. The highest BCUT2D eigenvalue weighted by atomic mass is 16.3. The molecule has 0 radical (unpaired) electrons. The Morgan fingerprint density at radius 2 is 1.30 bits per heavy atom. The van der Waals surface area contributed by atoms with Gasteiger partial charge >= 0.3 is 0 Å². The van der Waals surface area contributed by atoms with Crippen molar-refractivity contribution in [3.05, 3.63) is 151 Å². The van der Waals surface area contributed by atoms with Gasteiger partial charge in [-0.05, 0) is 47.0 Å². The lowest BCUT2D eigenvalue weighted by Crippen LogP contribution is -2.14. The first-order chi connectivity index (χ1) is 23.1. The number of benzene rings is 6. The van der Waals surface area contributed by atoms with Crippen molar-refractivity contribution in [3.63, 3.8) is 0 Å². The summed E-state index contributed by atoms with van der Waals surface area (Å²) < 4.78 is 8.86. The lowest BCUT2D eigenvalue weighted by Gasteiger charge is -2.21. The van der Waals surface area contributed by atoms with Gasteiger partial charge in [-0.15, -0.1) is 0 Å². The minimum Gasteiger partial charge on any atom is -0.452 e. The molecule has 0 unspecified atom stereocenters. The van der Waals surface area contributed by atoms with Gasteiger partial charge in [0.1, 0.15) is 16.8 Å². The number of nitrogens with zero attached hydrogens (tertiary/aromatic N) is 3. The molecule has 3 aromatic heterocycles. The highest BCUT2D eigenvalue weighted by Crippen LogP contribution is 2.52. The Morgan fingerprint density at radius 1 is 0.574 bits per heavy atom. The second kappa shape index (κ2) is 9.51. The molecule has 0 spiro atoms. The summed E-state index contributed by atoms with van der Waals surface area (Å²) in [5.41, 5.74) is 13.9. The molecular formula is C43H29N3O. The predicted molar refractivity (Wildman–Crippen MR) is 192 cm³/mol. The van der Waals surface area contributed by atoms with Crippen LogP contribution in [-0.2, 0) is 5.41 Å². The normalized spacial score (nSPS) is 13.5. The van der Waals surface area contributed by atoms with E-state index in [1.807, 2.05) is 36.4 Å². The van der Waals surface area contributed by atoms with Crippen LogP contribution in [0.15, 0.2) is 144 Å². The van der Waals surface area contributed by atoms with E-state index in [-0.39, 0.29) is 5.41 Å². The minimum absolute atomic E-state index is 0.0767. The first kappa shape index (κ1) is 26.2. The molecule has 222 valence electrons. The van der Waals surface area contributed by atoms with Gasteiger partial charge in [0.2, 0.25) is 0 Å². The molecule has 0 aliphatic heterocycles. The molecule has 0 N–H and O–H groups in total. The van der Waals surface area contributed by atoms with E-state index in [1.165, 1.54) is 44.1 Å². The van der Waals surface area contributed by atoms with Gasteiger partial charge in [0.25, 0.3) is 0 Å². The molecule has 10 rings (SSSR count). The number of aromatic nitrogens is 3. The third-order valence-electron chi connectivity index (χ3n) is 10.0. The SMILES string of the molecule is CC1(C)c2ccccc2-c2c1ccc1c3ccccc3n(-c3ccc(-c4nc(-c5ccccc5)nc5c4oc4ccccc45)cc3)c21. The van der Waals surface area contributed by atoms with Crippen LogP contribution in [0.2, 0.25) is 0 Å². The number of fused-ring (bicyclic) bond motifs is 10. The fourth-order valence-corrected chi connectivity index (χ4v) is 7.78. The molecule has 0 atom stereocenters. The third kappa shape index (κ3) is 3.64. The van der Waals surface area contributed by atoms with Crippen LogP contribution in [0.4, 0.5) is 0 Å². The average Bonchev–Trinajstić information content (AvgIpc) is 3.74. The molecule has 4 nitrogen and oxygen atoms in total. The van der Waals surface area contributed by atoms with Gasteiger partial charge in [-0.2, -0.15) is 0 Å². The Balaban J connectivity index is 1.22. The van der Waals surface area contributed by atoms with Gasteiger partial charge < -0.3 is 8.98 Å². The topological polar surface area (TPSA) is 43.9 Å². The summed E-state index contributed by atoms with van der Waals surface area (Å²) in [4.78, 5) is 10.1. The quantitative estimate of drug-likeness (QED) is 0.202. The summed E-state index contributed by atoms with van der Waals surface area (Å²) in [5.74, 6) is 0.683. The number of hydrogen-bond acceptors (Lipinski definition) is 3. The highest BCUT2D eigenvalue weighted by Gasteiger charge is 2.37. The van der Waals surface area contributed by atoms with Gasteiger partial charge in [-0.3, -0.25) is 0 Å². The Kier molecular flexibility index (Phi) is 5.31. The summed E-state index contributed by atoms with van der Waals surface area (Å²) in [7, 11) is 0. The van der Waals surface area contributed by atoms with Gasteiger partial charge in [-0.1, -0.05) is 123 Å². The third-order valence-corrected chi connectivity index (χ3v) is 10.0. The highest BCUT2D eigenvalue weighted by molar-refractivity contribution is 6.15. The maximum atomic E-state index is 6.42. The summed E-state index contributed by atoms with van der Waals surface area (Å²) in [6.45, 7) is 4.69. The first-order valence-corrected chi connectivity index (χ1v) is 16.1. The van der Waals surface area contributed by atoms with E-state index >= 15 is 0 Å². The van der Waals surface area contributed by atoms with Gasteiger partial charge in [-0.25, -0.2) is 9.97 Å². The molecule has 0 saturated carbocycles. The monoisotopic (exact) mass is 603 g/mol. The molecule has 0 fully saturated rings. The van der Waals surface area contributed by atoms with E-state index in [9.17, 15) is 0 Å². The minimum atomic E-state index is -0.0767. The Labute approximate surface area is 271 Å². The smallest absolute Gasteiger partial charge is 0.180 e. The van der Waals surface area contributed by atoms with Crippen LogP contribution in [0.25, 0.3) is 83.3 Å². The Morgan fingerprint density at radius 3 is 2.15 bits per heavy atom. The summed E-state index contributed by atoms with van der Waals surface area (Å²) in [6, 6.07) is 49.3. The van der Waals surface area contributed by atoms with Crippen molar-refractivity contribution in [2.24, 2.45) is 0 Å². The summed E-state index contributed by atoms with van der Waals surface area (Å²) in [5, 5.41) is 3.51. The van der Waals surface area contributed by atoms with Gasteiger partial charge in [0.05, 0.1) is 11.0 Å². The van der Waals surface area contributed by atoms with Crippen molar-refractivity contribution in [1.29, 1.82) is 0 Å². The number of para-hydroxylation sites is 2. The molecule has 1 aliphatic carbocycles. The van der Waals surface area contributed by atoms with E-state index in [0.29, 0.717) is 11.4 Å². The van der Waals surface area contributed by atoms with Crippen LogP contribution in [0, 0.1) is 0 Å². The fourth-order valence-electron chi connectivity index (χ4n) is 7.78. The second-order valence-corrected chi connectivity index (χ2v) is 13.0. The van der Waals surface area contributed by atoms with E-state index in [4.69, 9.17) is 14.4 Å². The van der Waals surface area contributed by atoms with Gasteiger partial charge in [0, 0.05) is 44.0 Å². The maximum Gasteiger partial charge on any atom is 0.180 e. The Bertz CT molecular complexity index is 2700. The van der Waals surface area contributed by atoms with Crippen molar-refractivity contribution in [3.8, 4) is 39.5 Å². The molecule has 0 bridgehead atoms.